The minimum absolute atomic E-state index is 0.0310. The lowest BCUT2D eigenvalue weighted by atomic mass is 10.0. The minimum atomic E-state index is -0.647. The number of ketones is 1. The molecule has 0 atom stereocenters. The van der Waals surface area contributed by atoms with Gasteiger partial charge >= 0.3 is 0 Å². The van der Waals surface area contributed by atoms with Gasteiger partial charge in [0.1, 0.15) is 5.82 Å². The van der Waals surface area contributed by atoms with Crippen LogP contribution in [0.4, 0.5) is 8.78 Å². The van der Waals surface area contributed by atoms with Gasteiger partial charge in [-0.2, -0.15) is 0 Å². The van der Waals surface area contributed by atoms with Crippen LogP contribution in [0.2, 0.25) is 0 Å². The van der Waals surface area contributed by atoms with E-state index in [0.29, 0.717) is 10.0 Å². The molecule has 0 heterocycles. The number of carbonyl (C=O) groups is 1. The van der Waals surface area contributed by atoms with Crippen molar-refractivity contribution in [3.8, 4) is 5.75 Å². The summed E-state index contributed by atoms with van der Waals surface area (Å²) in [5.41, 5.74) is 0.728. The molecule has 0 aliphatic rings. The van der Waals surface area contributed by atoms with E-state index < -0.39 is 17.4 Å². The van der Waals surface area contributed by atoms with Gasteiger partial charge in [0.25, 0.3) is 0 Å². The molecular weight excluding hydrogens is 330 g/mol. The van der Waals surface area contributed by atoms with E-state index in [2.05, 4.69) is 15.9 Å². The van der Waals surface area contributed by atoms with Gasteiger partial charge in [-0.1, -0.05) is 12.1 Å². The molecule has 0 saturated carbocycles. The quantitative estimate of drug-likeness (QED) is 0.779. The van der Waals surface area contributed by atoms with E-state index in [1.54, 1.807) is 6.92 Å². The number of carbonyl (C=O) groups excluding carboxylic acids is 1. The molecule has 0 aliphatic heterocycles. The molecule has 0 unspecified atom stereocenters. The van der Waals surface area contributed by atoms with Crippen LogP contribution in [0.5, 0.6) is 5.75 Å². The molecule has 0 N–H and O–H groups in total. The van der Waals surface area contributed by atoms with Crippen molar-refractivity contribution in [2.24, 2.45) is 0 Å². The lowest BCUT2D eigenvalue weighted by molar-refractivity contribution is 0.103. The van der Waals surface area contributed by atoms with Crippen molar-refractivity contribution in [2.45, 2.75) is 6.92 Å². The Hall–Kier alpha value is -1.75. The molecule has 0 aliphatic carbocycles. The molecule has 104 valence electrons. The van der Waals surface area contributed by atoms with Crippen LogP contribution in [0, 0.1) is 18.6 Å². The number of benzene rings is 2. The topological polar surface area (TPSA) is 26.3 Å². The van der Waals surface area contributed by atoms with Crippen LogP contribution in [0.3, 0.4) is 0 Å². The Bertz CT molecular complexity index is 684. The molecular formula is C15H11BrF2O2. The zero-order valence-electron chi connectivity index (χ0n) is 10.8. The Balaban J connectivity index is 2.48. The normalized spacial score (nSPS) is 10.4. The minimum Gasteiger partial charge on any atom is -0.494 e. The van der Waals surface area contributed by atoms with Crippen LogP contribution in [0.1, 0.15) is 21.5 Å². The number of halogens is 3. The summed E-state index contributed by atoms with van der Waals surface area (Å²) in [7, 11) is 1.34. The van der Waals surface area contributed by atoms with Crippen molar-refractivity contribution >= 4 is 21.7 Å². The summed E-state index contributed by atoms with van der Waals surface area (Å²) in [6, 6.07) is 6.61. The van der Waals surface area contributed by atoms with Gasteiger partial charge in [-0.05, 0) is 46.6 Å². The lowest BCUT2D eigenvalue weighted by Gasteiger charge is -2.08. The van der Waals surface area contributed by atoms with Gasteiger partial charge in [0, 0.05) is 15.6 Å². The van der Waals surface area contributed by atoms with Crippen molar-refractivity contribution in [1.29, 1.82) is 0 Å². The highest BCUT2D eigenvalue weighted by atomic mass is 79.9. The highest BCUT2D eigenvalue weighted by Crippen LogP contribution is 2.28. The highest BCUT2D eigenvalue weighted by Gasteiger charge is 2.17. The third-order valence-corrected chi connectivity index (χ3v) is 3.58. The monoisotopic (exact) mass is 340 g/mol. The van der Waals surface area contributed by atoms with Crippen LogP contribution in [0.25, 0.3) is 0 Å². The Labute approximate surface area is 123 Å². The fourth-order valence-corrected chi connectivity index (χ4v) is 2.25. The summed E-state index contributed by atoms with van der Waals surface area (Å²) in [5, 5.41) is 0. The third-order valence-electron chi connectivity index (χ3n) is 2.92. The Kier molecular flexibility index (Phi) is 4.18. The second-order valence-electron chi connectivity index (χ2n) is 4.26. The summed E-state index contributed by atoms with van der Waals surface area (Å²) in [5.74, 6) is -1.55. The largest absolute Gasteiger partial charge is 0.494 e. The maximum atomic E-state index is 13.7. The molecule has 0 saturated heterocycles. The number of ether oxygens (including phenoxy) is 1. The van der Waals surface area contributed by atoms with E-state index in [4.69, 9.17) is 4.74 Å². The van der Waals surface area contributed by atoms with Gasteiger partial charge in [-0.25, -0.2) is 8.78 Å². The molecule has 0 amide bonds. The SMILES string of the molecule is COc1cc(Br)c(C(=O)c2ccc(C)c(F)c2)cc1F. The number of hydrogen-bond donors (Lipinski definition) is 0. The smallest absolute Gasteiger partial charge is 0.194 e. The van der Waals surface area contributed by atoms with E-state index in [1.807, 2.05) is 0 Å². The summed E-state index contributed by atoms with van der Waals surface area (Å²) in [6.45, 7) is 1.60. The number of aryl methyl sites for hydroxylation is 1. The highest BCUT2D eigenvalue weighted by molar-refractivity contribution is 9.10. The van der Waals surface area contributed by atoms with Crippen molar-refractivity contribution in [2.75, 3.05) is 7.11 Å². The van der Waals surface area contributed by atoms with Crippen LogP contribution >= 0.6 is 15.9 Å². The number of hydrogen-bond acceptors (Lipinski definition) is 2. The molecule has 0 spiro atoms. The summed E-state index contributed by atoms with van der Waals surface area (Å²) in [4.78, 5) is 12.3. The molecule has 0 radical (unpaired) electrons. The Morgan fingerprint density at radius 2 is 1.85 bits per heavy atom. The van der Waals surface area contributed by atoms with E-state index >= 15 is 0 Å². The van der Waals surface area contributed by atoms with Crippen molar-refractivity contribution in [1.82, 2.24) is 0 Å². The van der Waals surface area contributed by atoms with Gasteiger partial charge < -0.3 is 4.74 Å². The van der Waals surface area contributed by atoms with Gasteiger partial charge in [-0.15, -0.1) is 0 Å². The van der Waals surface area contributed by atoms with Gasteiger partial charge in [0.2, 0.25) is 0 Å². The number of rotatable bonds is 3. The first-order valence-electron chi connectivity index (χ1n) is 5.78. The van der Waals surface area contributed by atoms with Crippen molar-refractivity contribution in [3.63, 3.8) is 0 Å². The van der Waals surface area contributed by atoms with E-state index in [1.165, 1.54) is 25.3 Å². The predicted octanol–water partition coefficient (Wildman–Crippen LogP) is 4.28. The maximum Gasteiger partial charge on any atom is 0.194 e. The van der Waals surface area contributed by atoms with Crippen LogP contribution in [-0.4, -0.2) is 12.9 Å². The zero-order chi connectivity index (χ0) is 14.9. The fourth-order valence-electron chi connectivity index (χ4n) is 1.75. The molecule has 0 bridgehead atoms. The molecule has 2 rings (SSSR count). The Morgan fingerprint density at radius 3 is 2.45 bits per heavy atom. The average Bonchev–Trinajstić information content (AvgIpc) is 2.43. The number of methoxy groups -OCH3 is 1. The van der Waals surface area contributed by atoms with Gasteiger partial charge in [0.05, 0.1) is 7.11 Å². The van der Waals surface area contributed by atoms with Crippen LogP contribution in [-0.2, 0) is 0 Å². The molecule has 2 aromatic rings. The predicted molar refractivity (Wildman–Crippen MR) is 75.2 cm³/mol. The summed E-state index contributed by atoms with van der Waals surface area (Å²) < 4.78 is 32.4. The van der Waals surface area contributed by atoms with E-state index in [9.17, 15) is 13.6 Å². The van der Waals surface area contributed by atoms with Crippen molar-refractivity contribution < 1.29 is 18.3 Å². The van der Waals surface area contributed by atoms with Gasteiger partial charge in [0.15, 0.2) is 17.3 Å². The second-order valence-corrected chi connectivity index (χ2v) is 5.11. The van der Waals surface area contributed by atoms with E-state index in [-0.39, 0.29) is 16.9 Å². The molecule has 0 fully saturated rings. The second kappa shape index (κ2) is 5.71. The van der Waals surface area contributed by atoms with E-state index in [0.717, 1.165) is 12.1 Å². The van der Waals surface area contributed by atoms with Crippen molar-refractivity contribution in [3.05, 3.63) is 63.1 Å². The fraction of sp³-hybridized carbons (Fsp3) is 0.133. The first-order chi connectivity index (χ1) is 9.43. The molecule has 2 aromatic carbocycles. The molecule has 20 heavy (non-hydrogen) atoms. The molecule has 0 aromatic heterocycles. The zero-order valence-corrected chi connectivity index (χ0v) is 12.4. The summed E-state index contributed by atoms with van der Waals surface area (Å²) >= 11 is 3.19. The van der Waals surface area contributed by atoms with Gasteiger partial charge in [-0.3, -0.25) is 4.79 Å². The molecule has 5 heteroatoms. The summed E-state index contributed by atoms with van der Waals surface area (Å²) in [6.07, 6.45) is 0. The average molecular weight is 341 g/mol. The maximum absolute atomic E-state index is 13.7. The lowest BCUT2D eigenvalue weighted by Crippen LogP contribution is -2.05. The standard InChI is InChI=1S/C15H11BrF2O2/c1-8-3-4-9(5-12(8)17)15(19)10-6-13(18)14(20-2)7-11(10)16/h3-7H,1-2H3. The molecule has 2 nitrogen and oxygen atoms in total. The van der Waals surface area contributed by atoms with Crippen LogP contribution < -0.4 is 4.74 Å². The third kappa shape index (κ3) is 2.72. The first-order valence-corrected chi connectivity index (χ1v) is 6.57. The van der Waals surface area contributed by atoms with Crippen LogP contribution in [0.15, 0.2) is 34.8 Å². The first kappa shape index (κ1) is 14.7. The Morgan fingerprint density at radius 1 is 1.15 bits per heavy atom.